The third-order valence-corrected chi connectivity index (χ3v) is 13.3. The molecule has 0 spiro atoms. The molecule has 4 aliphatic rings. The summed E-state index contributed by atoms with van der Waals surface area (Å²) in [5, 5.41) is 0. The molecule has 4 fully saturated rings. The van der Waals surface area contributed by atoms with Crippen LogP contribution in [0.4, 0.5) is 0 Å². The summed E-state index contributed by atoms with van der Waals surface area (Å²) in [5.41, 5.74) is 19.7. The number of hydrogen-bond donors (Lipinski definition) is 3. The van der Waals surface area contributed by atoms with Crippen molar-refractivity contribution in [1.82, 2.24) is 4.90 Å². The number of ether oxygens (including phenoxy) is 3. The molecule has 0 saturated heterocycles. The SMILES string of the molecule is CC(CCCN(C)Cc1ccccc1)C1CCC2C3C(OCCN)CC4CC(OCCN)CCC4(C)C3CC(OCCN)C12C. The Hall–Kier alpha value is -1.06. The van der Waals surface area contributed by atoms with E-state index in [9.17, 15) is 0 Å². The predicted molar refractivity (Wildman–Crippen MR) is 184 cm³/mol. The van der Waals surface area contributed by atoms with Gasteiger partial charge < -0.3 is 36.3 Å². The third kappa shape index (κ3) is 7.50. The van der Waals surface area contributed by atoms with Gasteiger partial charge >= 0.3 is 0 Å². The Balaban J connectivity index is 1.33. The second kappa shape index (κ2) is 15.9. The average molecular weight is 627 g/mol. The van der Waals surface area contributed by atoms with Crippen molar-refractivity contribution >= 4 is 0 Å². The van der Waals surface area contributed by atoms with E-state index in [0.29, 0.717) is 81.1 Å². The minimum atomic E-state index is 0.140. The van der Waals surface area contributed by atoms with Crippen LogP contribution >= 0.6 is 0 Å². The molecule has 11 atom stereocenters. The van der Waals surface area contributed by atoms with Crippen LogP contribution in [0.1, 0.15) is 84.1 Å². The highest BCUT2D eigenvalue weighted by Crippen LogP contribution is 2.69. The fourth-order valence-corrected chi connectivity index (χ4v) is 11.2. The number of nitrogens with two attached hydrogens (primary N) is 3. The molecule has 5 rings (SSSR count). The van der Waals surface area contributed by atoms with Crippen molar-refractivity contribution < 1.29 is 14.2 Å². The molecule has 256 valence electrons. The zero-order valence-corrected chi connectivity index (χ0v) is 29.0. The number of benzene rings is 1. The summed E-state index contributed by atoms with van der Waals surface area (Å²) in [4.78, 5) is 2.48. The van der Waals surface area contributed by atoms with E-state index >= 15 is 0 Å². The Labute approximate surface area is 274 Å². The van der Waals surface area contributed by atoms with E-state index < -0.39 is 0 Å². The van der Waals surface area contributed by atoms with Crippen molar-refractivity contribution in [3.05, 3.63) is 35.9 Å². The summed E-state index contributed by atoms with van der Waals surface area (Å²) in [5.74, 6) is 3.69. The number of rotatable bonds is 16. The van der Waals surface area contributed by atoms with E-state index in [0.717, 1.165) is 38.8 Å². The first-order valence-corrected chi connectivity index (χ1v) is 18.4. The van der Waals surface area contributed by atoms with Crippen LogP contribution in [0.3, 0.4) is 0 Å². The molecule has 4 saturated carbocycles. The summed E-state index contributed by atoms with van der Waals surface area (Å²) in [6.45, 7) is 13.6. The second-order valence-corrected chi connectivity index (χ2v) is 15.8. The fourth-order valence-electron chi connectivity index (χ4n) is 11.2. The van der Waals surface area contributed by atoms with Crippen LogP contribution in [0, 0.1) is 46.3 Å². The van der Waals surface area contributed by atoms with Crippen LogP contribution < -0.4 is 17.2 Å². The molecular weight excluding hydrogens is 560 g/mol. The lowest BCUT2D eigenvalue weighted by Crippen LogP contribution is -2.63. The van der Waals surface area contributed by atoms with E-state index in [-0.39, 0.29) is 23.0 Å². The summed E-state index contributed by atoms with van der Waals surface area (Å²) in [6.07, 6.45) is 11.7. The van der Waals surface area contributed by atoms with Crippen molar-refractivity contribution in [3.8, 4) is 0 Å². The van der Waals surface area contributed by atoms with Gasteiger partial charge in [0, 0.05) is 31.6 Å². The second-order valence-electron chi connectivity index (χ2n) is 15.8. The topological polar surface area (TPSA) is 109 Å². The van der Waals surface area contributed by atoms with E-state index in [4.69, 9.17) is 31.4 Å². The van der Waals surface area contributed by atoms with Gasteiger partial charge in [0.2, 0.25) is 0 Å². The van der Waals surface area contributed by atoms with E-state index in [1.165, 1.54) is 37.7 Å². The molecule has 0 radical (unpaired) electrons. The van der Waals surface area contributed by atoms with Crippen molar-refractivity contribution in [2.45, 2.75) is 103 Å². The standard InChI is InChI=1S/C38H66N4O3/c1-27(9-8-19-42(4)26-28-10-6-5-7-11-28)31-12-13-32-36-33(25-35(38(31,32)3)45-22-18-41)37(2)15-14-30(43-20-16-39)23-29(37)24-34(36)44-21-17-40/h5-7,10-11,27,29-36H,8-9,12-26,39-41H2,1-4H3. The van der Waals surface area contributed by atoms with Crippen molar-refractivity contribution in [1.29, 1.82) is 0 Å². The van der Waals surface area contributed by atoms with Gasteiger partial charge in [0.1, 0.15) is 0 Å². The molecule has 45 heavy (non-hydrogen) atoms. The normalized spacial score (nSPS) is 38.5. The molecule has 1 aromatic rings. The van der Waals surface area contributed by atoms with Crippen LogP contribution in [0.15, 0.2) is 30.3 Å². The molecule has 0 bridgehead atoms. The maximum absolute atomic E-state index is 6.87. The minimum Gasteiger partial charge on any atom is -0.377 e. The van der Waals surface area contributed by atoms with Gasteiger partial charge in [-0.25, -0.2) is 0 Å². The molecule has 6 N–H and O–H groups in total. The first-order valence-electron chi connectivity index (χ1n) is 18.4. The van der Waals surface area contributed by atoms with E-state index in [2.05, 4.69) is 63.1 Å². The average Bonchev–Trinajstić information content (AvgIpc) is 3.40. The number of nitrogens with zero attached hydrogens (tertiary/aromatic N) is 1. The monoisotopic (exact) mass is 627 g/mol. The Kier molecular flexibility index (Phi) is 12.4. The summed E-state index contributed by atoms with van der Waals surface area (Å²) >= 11 is 0. The highest BCUT2D eigenvalue weighted by atomic mass is 16.5. The summed E-state index contributed by atoms with van der Waals surface area (Å²) < 4.78 is 19.9. The molecule has 0 aromatic heterocycles. The van der Waals surface area contributed by atoms with Gasteiger partial charge in [-0.2, -0.15) is 0 Å². The summed E-state index contributed by atoms with van der Waals surface area (Å²) in [6, 6.07) is 10.8. The minimum absolute atomic E-state index is 0.140. The number of fused-ring (bicyclic) bond motifs is 5. The molecular formula is C38H66N4O3. The third-order valence-electron chi connectivity index (χ3n) is 13.3. The van der Waals surface area contributed by atoms with Crippen LogP contribution in [-0.2, 0) is 20.8 Å². The zero-order chi connectivity index (χ0) is 32.0. The predicted octanol–water partition coefficient (Wildman–Crippen LogP) is 5.45. The Morgan fingerprint density at radius 2 is 1.58 bits per heavy atom. The lowest BCUT2D eigenvalue weighted by molar-refractivity contribution is -0.226. The molecule has 0 heterocycles. The van der Waals surface area contributed by atoms with Crippen molar-refractivity contribution in [2.24, 2.45) is 63.5 Å². The molecule has 4 aliphatic carbocycles. The smallest absolute Gasteiger partial charge is 0.0637 e. The van der Waals surface area contributed by atoms with Crippen molar-refractivity contribution in [3.63, 3.8) is 0 Å². The van der Waals surface area contributed by atoms with Crippen molar-refractivity contribution in [2.75, 3.05) is 53.0 Å². The van der Waals surface area contributed by atoms with Gasteiger partial charge in [0.15, 0.2) is 0 Å². The molecule has 0 aliphatic heterocycles. The maximum atomic E-state index is 6.87. The molecule has 7 nitrogen and oxygen atoms in total. The first-order chi connectivity index (χ1) is 21.8. The summed E-state index contributed by atoms with van der Waals surface area (Å²) in [7, 11) is 2.26. The van der Waals surface area contributed by atoms with Crippen LogP contribution in [0.25, 0.3) is 0 Å². The zero-order valence-electron chi connectivity index (χ0n) is 29.0. The van der Waals surface area contributed by atoms with Crippen LogP contribution in [0.5, 0.6) is 0 Å². The Morgan fingerprint density at radius 1 is 0.867 bits per heavy atom. The molecule has 11 unspecified atom stereocenters. The van der Waals surface area contributed by atoms with Gasteiger partial charge in [0.05, 0.1) is 38.1 Å². The van der Waals surface area contributed by atoms with E-state index in [1.54, 1.807) is 0 Å². The molecule has 7 heteroatoms. The lowest BCUT2D eigenvalue weighted by atomic mass is 9.43. The fraction of sp³-hybridized carbons (Fsp3) is 0.842. The largest absolute Gasteiger partial charge is 0.377 e. The molecule has 1 aromatic carbocycles. The molecule has 0 amide bonds. The highest BCUT2D eigenvalue weighted by Gasteiger charge is 2.66. The highest BCUT2D eigenvalue weighted by molar-refractivity contribution is 5.16. The van der Waals surface area contributed by atoms with Crippen LogP contribution in [0.2, 0.25) is 0 Å². The van der Waals surface area contributed by atoms with Gasteiger partial charge in [-0.3, -0.25) is 0 Å². The van der Waals surface area contributed by atoms with Gasteiger partial charge in [-0.1, -0.05) is 51.1 Å². The quantitative estimate of drug-likeness (QED) is 0.224. The lowest BCUT2D eigenvalue weighted by Gasteiger charge is -2.64. The Bertz CT molecular complexity index is 1030. The first kappa shape index (κ1) is 35.3. The van der Waals surface area contributed by atoms with Crippen LogP contribution in [-0.4, -0.2) is 76.3 Å². The van der Waals surface area contributed by atoms with Gasteiger partial charge in [0.25, 0.3) is 0 Å². The van der Waals surface area contributed by atoms with Gasteiger partial charge in [-0.05, 0) is 118 Å². The van der Waals surface area contributed by atoms with E-state index in [1.807, 2.05) is 0 Å². The number of hydrogen-bond acceptors (Lipinski definition) is 7. The Morgan fingerprint density at radius 3 is 2.31 bits per heavy atom. The van der Waals surface area contributed by atoms with Gasteiger partial charge in [-0.15, -0.1) is 0 Å². The maximum Gasteiger partial charge on any atom is 0.0637 e.